The second-order valence-corrected chi connectivity index (χ2v) is 8.54. The van der Waals surface area contributed by atoms with Crippen LogP contribution in [0.15, 0.2) is 47.6 Å². The summed E-state index contributed by atoms with van der Waals surface area (Å²) in [4.78, 5) is 24.6. The van der Waals surface area contributed by atoms with Crippen LogP contribution in [-0.2, 0) is 22.6 Å². The molecule has 7 nitrogen and oxygen atoms in total. The number of aromatic nitrogens is 3. The molecule has 11 heteroatoms. The van der Waals surface area contributed by atoms with Crippen molar-refractivity contribution in [1.82, 2.24) is 14.8 Å². The highest BCUT2D eigenvalue weighted by Gasteiger charge is 2.16. The smallest absolute Gasteiger partial charge is 0.234 e. The summed E-state index contributed by atoms with van der Waals surface area (Å²) in [6.07, 6.45) is 0.0242. The SMILES string of the molecule is CCn1c(CC(=O)Nc2ccc(Cl)c(Cl)c2)nnc1SCC(=O)Nc1cccc(Cl)c1. The maximum atomic E-state index is 12.4. The third-order valence-electron chi connectivity index (χ3n) is 4.07. The number of nitrogens with zero attached hydrogens (tertiary/aromatic N) is 3. The molecule has 0 aliphatic carbocycles. The molecular formula is C20H18Cl3N5O2S. The van der Waals surface area contributed by atoms with Crippen molar-refractivity contribution >= 4 is 69.8 Å². The highest BCUT2D eigenvalue weighted by molar-refractivity contribution is 7.99. The zero-order valence-corrected chi connectivity index (χ0v) is 19.4. The number of hydrogen-bond acceptors (Lipinski definition) is 5. The zero-order valence-electron chi connectivity index (χ0n) is 16.4. The van der Waals surface area contributed by atoms with Gasteiger partial charge in [0.05, 0.1) is 22.2 Å². The van der Waals surface area contributed by atoms with E-state index in [-0.39, 0.29) is 24.0 Å². The summed E-state index contributed by atoms with van der Waals surface area (Å²) in [5.41, 5.74) is 1.16. The van der Waals surface area contributed by atoms with Crippen molar-refractivity contribution in [2.24, 2.45) is 0 Å². The fourth-order valence-corrected chi connectivity index (χ4v) is 4.00. The van der Waals surface area contributed by atoms with Crippen molar-refractivity contribution in [3.63, 3.8) is 0 Å². The average molecular weight is 499 g/mol. The van der Waals surface area contributed by atoms with Crippen LogP contribution in [0.3, 0.4) is 0 Å². The van der Waals surface area contributed by atoms with Crippen molar-refractivity contribution < 1.29 is 9.59 Å². The van der Waals surface area contributed by atoms with E-state index in [0.717, 1.165) is 0 Å². The van der Waals surface area contributed by atoms with Crippen molar-refractivity contribution in [2.45, 2.75) is 25.0 Å². The lowest BCUT2D eigenvalue weighted by Gasteiger charge is -2.09. The topological polar surface area (TPSA) is 88.9 Å². The number of anilines is 2. The molecule has 2 N–H and O–H groups in total. The van der Waals surface area contributed by atoms with Gasteiger partial charge in [-0.05, 0) is 43.3 Å². The van der Waals surface area contributed by atoms with E-state index in [0.29, 0.717) is 44.0 Å². The van der Waals surface area contributed by atoms with Crippen LogP contribution in [0.4, 0.5) is 11.4 Å². The van der Waals surface area contributed by atoms with E-state index in [9.17, 15) is 9.59 Å². The van der Waals surface area contributed by atoms with Gasteiger partial charge in [0.1, 0.15) is 5.82 Å². The quantitative estimate of drug-likeness (QED) is 0.418. The summed E-state index contributed by atoms with van der Waals surface area (Å²) in [6, 6.07) is 11.8. The summed E-state index contributed by atoms with van der Waals surface area (Å²) >= 11 is 19.0. The maximum Gasteiger partial charge on any atom is 0.234 e. The first kappa shape index (κ1) is 23.4. The number of carbonyl (C=O) groups is 2. The molecule has 0 fully saturated rings. The molecule has 1 aromatic heterocycles. The van der Waals surface area contributed by atoms with Crippen LogP contribution in [0, 0.1) is 0 Å². The molecule has 2 amide bonds. The zero-order chi connectivity index (χ0) is 22.4. The van der Waals surface area contributed by atoms with Crippen molar-refractivity contribution in [3.05, 3.63) is 63.4 Å². The van der Waals surface area contributed by atoms with Crippen LogP contribution >= 0.6 is 46.6 Å². The van der Waals surface area contributed by atoms with E-state index in [1.165, 1.54) is 11.8 Å². The van der Waals surface area contributed by atoms with Gasteiger partial charge >= 0.3 is 0 Å². The molecule has 0 unspecified atom stereocenters. The van der Waals surface area contributed by atoms with Gasteiger partial charge in [-0.2, -0.15) is 0 Å². The third kappa shape index (κ3) is 6.61. The molecule has 2 aromatic carbocycles. The van der Waals surface area contributed by atoms with Gasteiger partial charge in [-0.3, -0.25) is 9.59 Å². The molecule has 0 bridgehead atoms. The molecule has 0 saturated heterocycles. The van der Waals surface area contributed by atoms with Gasteiger partial charge < -0.3 is 15.2 Å². The van der Waals surface area contributed by atoms with Crippen LogP contribution < -0.4 is 10.6 Å². The fraction of sp³-hybridized carbons (Fsp3) is 0.200. The van der Waals surface area contributed by atoms with Gasteiger partial charge in [-0.15, -0.1) is 10.2 Å². The molecule has 162 valence electrons. The van der Waals surface area contributed by atoms with Gasteiger partial charge in [0, 0.05) is 22.9 Å². The summed E-state index contributed by atoms with van der Waals surface area (Å²) < 4.78 is 1.80. The minimum Gasteiger partial charge on any atom is -0.326 e. The first-order valence-corrected chi connectivity index (χ1v) is 11.3. The van der Waals surface area contributed by atoms with Crippen molar-refractivity contribution in [2.75, 3.05) is 16.4 Å². The minimum absolute atomic E-state index is 0.0242. The number of hydrogen-bond donors (Lipinski definition) is 2. The Morgan fingerprint density at radius 3 is 2.42 bits per heavy atom. The Labute approximate surface area is 198 Å². The Bertz CT molecular complexity index is 1110. The van der Waals surface area contributed by atoms with Crippen molar-refractivity contribution in [1.29, 1.82) is 0 Å². The number of benzene rings is 2. The first-order chi connectivity index (χ1) is 14.9. The number of nitrogens with one attached hydrogen (secondary N) is 2. The monoisotopic (exact) mass is 497 g/mol. The van der Waals surface area contributed by atoms with E-state index < -0.39 is 0 Å². The molecule has 0 spiro atoms. The molecule has 0 aliphatic rings. The van der Waals surface area contributed by atoms with E-state index in [1.54, 1.807) is 47.0 Å². The fourth-order valence-electron chi connectivity index (χ4n) is 2.69. The maximum absolute atomic E-state index is 12.4. The summed E-state index contributed by atoms with van der Waals surface area (Å²) in [5.74, 6) is 0.172. The largest absolute Gasteiger partial charge is 0.326 e. The first-order valence-electron chi connectivity index (χ1n) is 9.21. The summed E-state index contributed by atoms with van der Waals surface area (Å²) in [7, 11) is 0. The molecule has 31 heavy (non-hydrogen) atoms. The van der Waals surface area contributed by atoms with Crippen molar-refractivity contribution in [3.8, 4) is 0 Å². The van der Waals surface area contributed by atoms with E-state index in [2.05, 4.69) is 20.8 Å². The van der Waals surface area contributed by atoms with Crippen LogP contribution in [0.1, 0.15) is 12.7 Å². The number of halogens is 3. The minimum atomic E-state index is -0.268. The summed E-state index contributed by atoms with van der Waals surface area (Å²) in [5, 5.41) is 15.6. The predicted octanol–water partition coefficient (Wildman–Crippen LogP) is 5.17. The highest BCUT2D eigenvalue weighted by Crippen LogP contribution is 2.25. The van der Waals surface area contributed by atoms with Crippen LogP contribution in [0.25, 0.3) is 0 Å². The Morgan fingerprint density at radius 1 is 0.968 bits per heavy atom. The predicted molar refractivity (Wildman–Crippen MR) is 125 cm³/mol. The average Bonchev–Trinajstić information content (AvgIpc) is 3.10. The number of amides is 2. The van der Waals surface area contributed by atoms with Gasteiger partial charge in [0.25, 0.3) is 0 Å². The lowest BCUT2D eigenvalue weighted by molar-refractivity contribution is -0.116. The molecule has 3 rings (SSSR count). The lowest BCUT2D eigenvalue weighted by atomic mass is 10.3. The van der Waals surface area contributed by atoms with E-state index in [4.69, 9.17) is 34.8 Å². The molecular weight excluding hydrogens is 481 g/mol. The van der Waals surface area contributed by atoms with E-state index in [1.807, 2.05) is 6.92 Å². The van der Waals surface area contributed by atoms with Crippen LogP contribution in [-0.4, -0.2) is 32.3 Å². The molecule has 3 aromatic rings. The Hall–Kier alpha value is -2.26. The second kappa shape index (κ2) is 10.9. The Balaban J connectivity index is 1.58. The Kier molecular flexibility index (Phi) is 8.20. The van der Waals surface area contributed by atoms with E-state index >= 15 is 0 Å². The third-order valence-corrected chi connectivity index (χ3v) is 6.01. The number of carbonyl (C=O) groups excluding carboxylic acids is 2. The van der Waals surface area contributed by atoms with Gasteiger partial charge in [0.15, 0.2) is 5.16 Å². The molecule has 0 saturated carbocycles. The van der Waals surface area contributed by atoms with Crippen LogP contribution in [0.5, 0.6) is 0 Å². The molecule has 0 aliphatic heterocycles. The molecule has 0 radical (unpaired) electrons. The highest BCUT2D eigenvalue weighted by atomic mass is 35.5. The van der Waals surface area contributed by atoms with Gasteiger partial charge in [-0.1, -0.05) is 52.6 Å². The normalized spacial score (nSPS) is 10.7. The molecule has 1 heterocycles. The van der Waals surface area contributed by atoms with Crippen LogP contribution in [0.2, 0.25) is 15.1 Å². The second-order valence-electron chi connectivity index (χ2n) is 6.34. The lowest BCUT2D eigenvalue weighted by Crippen LogP contribution is -2.18. The van der Waals surface area contributed by atoms with Gasteiger partial charge in [-0.25, -0.2) is 0 Å². The molecule has 0 atom stereocenters. The summed E-state index contributed by atoms with van der Waals surface area (Å²) in [6.45, 7) is 2.47. The standard InChI is InChI=1S/C20H18Cl3N5O2S/c1-2-28-17(10-18(29)24-14-6-7-15(22)16(23)9-14)26-27-20(28)31-11-19(30)25-13-5-3-4-12(21)8-13/h3-9H,2,10-11H2,1H3,(H,24,29)(H,25,30). The van der Waals surface area contributed by atoms with Gasteiger partial charge in [0.2, 0.25) is 11.8 Å². The Morgan fingerprint density at radius 2 is 1.71 bits per heavy atom. The number of rotatable bonds is 8. The number of thioether (sulfide) groups is 1.